The number of nitrogens with zero attached hydrogens (tertiary/aromatic N) is 5. The minimum Gasteiger partial charge on any atom is -0.733 e. The van der Waals surface area contributed by atoms with Gasteiger partial charge in [0.25, 0.3) is 0 Å². The number of nitriles is 1. The van der Waals surface area contributed by atoms with Gasteiger partial charge in [0, 0.05) is 13.2 Å². The maximum absolute atomic E-state index is 11.3. The maximum atomic E-state index is 11.3. The Labute approximate surface area is 126 Å². The summed E-state index contributed by atoms with van der Waals surface area (Å²) in [5, 5.41) is 29.7. The molecule has 0 amide bonds. The fourth-order valence-electron chi connectivity index (χ4n) is 2.46. The van der Waals surface area contributed by atoms with E-state index in [4.69, 9.17) is 0 Å². The summed E-state index contributed by atoms with van der Waals surface area (Å²) >= 11 is 0. The molecule has 1 N–H and O–H groups in total. The number of pyridine rings is 1. The lowest BCUT2D eigenvalue weighted by Crippen LogP contribution is -2.15. The van der Waals surface area contributed by atoms with Crippen LogP contribution in [0, 0.1) is 16.5 Å². The predicted molar refractivity (Wildman–Crippen MR) is 80.0 cm³/mol. The van der Waals surface area contributed by atoms with E-state index in [1.165, 1.54) is 18.3 Å². The zero-order valence-electron chi connectivity index (χ0n) is 11.7. The maximum Gasteiger partial charge on any atom is 0.148 e. The number of aryl methyl sites for hydroxylation is 1. The number of fused-ring (bicyclic) bond motifs is 1. The van der Waals surface area contributed by atoms with E-state index in [0.29, 0.717) is 5.82 Å². The molecule has 0 saturated carbocycles. The van der Waals surface area contributed by atoms with Gasteiger partial charge in [-0.3, -0.25) is 10.2 Å². The molecule has 0 spiro atoms. The molecule has 1 aromatic carbocycles. The molecule has 22 heavy (non-hydrogen) atoms. The molecule has 1 atom stereocenters. The third-order valence-electron chi connectivity index (χ3n) is 3.50. The second-order valence-corrected chi connectivity index (χ2v) is 4.76. The molecular formula is C15H12N5O2-. The summed E-state index contributed by atoms with van der Waals surface area (Å²) in [5.41, 5.74) is 1.72. The number of anilines is 1. The minimum absolute atomic E-state index is 0.0684. The molecule has 110 valence electrons. The molecule has 0 aliphatic rings. The first-order valence-electron chi connectivity index (χ1n) is 6.55. The fraction of sp³-hybridized carbons (Fsp3) is 0.133. The van der Waals surface area contributed by atoms with Crippen LogP contribution in [0.2, 0.25) is 0 Å². The van der Waals surface area contributed by atoms with Crippen molar-refractivity contribution < 1.29 is 5.21 Å². The molecule has 3 aromatic rings. The van der Waals surface area contributed by atoms with Crippen LogP contribution in [0.15, 0.2) is 42.6 Å². The van der Waals surface area contributed by atoms with Crippen LogP contribution in [0.1, 0.15) is 17.4 Å². The van der Waals surface area contributed by atoms with Gasteiger partial charge in [-0.2, -0.15) is 5.26 Å². The summed E-state index contributed by atoms with van der Waals surface area (Å²) in [4.78, 5) is 8.54. The fourth-order valence-corrected chi connectivity index (χ4v) is 2.46. The van der Waals surface area contributed by atoms with E-state index in [1.807, 2.05) is 24.3 Å². The third-order valence-corrected chi connectivity index (χ3v) is 3.50. The molecular weight excluding hydrogens is 282 g/mol. The molecule has 1 unspecified atom stereocenters. The topological polar surface area (TPSA) is 101 Å². The Morgan fingerprint density at radius 3 is 2.77 bits per heavy atom. The van der Waals surface area contributed by atoms with Crippen molar-refractivity contribution >= 4 is 16.7 Å². The van der Waals surface area contributed by atoms with Crippen molar-refractivity contribution in [2.24, 2.45) is 7.05 Å². The van der Waals surface area contributed by atoms with Crippen LogP contribution in [0.3, 0.4) is 0 Å². The van der Waals surface area contributed by atoms with Gasteiger partial charge in [-0.15, -0.1) is 0 Å². The van der Waals surface area contributed by atoms with Crippen LogP contribution in [0.5, 0.6) is 0 Å². The van der Waals surface area contributed by atoms with Crippen molar-refractivity contribution in [3.63, 3.8) is 0 Å². The third kappa shape index (κ3) is 2.16. The van der Waals surface area contributed by atoms with E-state index in [1.54, 1.807) is 11.6 Å². The zero-order valence-corrected chi connectivity index (χ0v) is 11.7. The number of para-hydroxylation sites is 2. The Balaban J connectivity index is 2.20. The van der Waals surface area contributed by atoms with Gasteiger partial charge in [0.2, 0.25) is 0 Å². The van der Waals surface area contributed by atoms with Crippen molar-refractivity contribution in [1.29, 1.82) is 5.26 Å². The lowest BCUT2D eigenvalue weighted by Gasteiger charge is -2.25. The molecule has 0 aliphatic carbocycles. The van der Waals surface area contributed by atoms with E-state index in [0.717, 1.165) is 11.0 Å². The van der Waals surface area contributed by atoms with Crippen molar-refractivity contribution in [3.8, 4) is 6.07 Å². The summed E-state index contributed by atoms with van der Waals surface area (Å²) in [5.74, 6) is -0.400. The summed E-state index contributed by atoms with van der Waals surface area (Å²) in [6, 6.07) is 12.5. The van der Waals surface area contributed by atoms with Crippen LogP contribution in [-0.2, 0) is 7.05 Å². The second kappa shape index (κ2) is 5.44. The van der Waals surface area contributed by atoms with Crippen LogP contribution >= 0.6 is 0 Å². The summed E-state index contributed by atoms with van der Waals surface area (Å²) in [7, 11) is 1.80. The van der Waals surface area contributed by atoms with E-state index >= 15 is 0 Å². The molecule has 2 heterocycles. The van der Waals surface area contributed by atoms with Gasteiger partial charge >= 0.3 is 0 Å². The number of imidazole rings is 1. The molecule has 2 aromatic heterocycles. The van der Waals surface area contributed by atoms with Crippen molar-refractivity contribution in [1.82, 2.24) is 14.5 Å². The predicted octanol–water partition coefficient (Wildman–Crippen LogP) is 2.32. The molecule has 3 rings (SSSR count). The van der Waals surface area contributed by atoms with Gasteiger partial charge in [0.05, 0.1) is 28.5 Å². The Morgan fingerprint density at radius 1 is 1.32 bits per heavy atom. The highest BCUT2D eigenvalue weighted by atomic mass is 16.8. The molecule has 0 radical (unpaired) electrons. The molecule has 7 nitrogen and oxygen atoms in total. The largest absolute Gasteiger partial charge is 0.733 e. The molecule has 0 fully saturated rings. The standard InChI is InChI=1S/C15H12N5O2/c1-19-12-6-3-2-5-11(12)18-15(19)10(9-16)14-13(20(21)22)7-4-8-17-14/h2-8,10,21H,1H3/q-1. The number of aromatic nitrogens is 3. The van der Waals surface area contributed by atoms with Gasteiger partial charge < -0.3 is 15.0 Å². The first-order valence-corrected chi connectivity index (χ1v) is 6.55. The highest BCUT2D eigenvalue weighted by molar-refractivity contribution is 5.76. The van der Waals surface area contributed by atoms with E-state index in [-0.39, 0.29) is 16.6 Å². The monoisotopic (exact) mass is 294 g/mol. The van der Waals surface area contributed by atoms with Crippen molar-refractivity contribution in [2.75, 3.05) is 5.23 Å². The van der Waals surface area contributed by atoms with Gasteiger partial charge in [0.15, 0.2) is 0 Å². The number of rotatable bonds is 3. The average Bonchev–Trinajstić information content (AvgIpc) is 2.86. The Hall–Kier alpha value is -2.95. The highest BCUT2D eigenvalue weighted by Gasteiger charge is 2.24. The highest BCUT2D eigenvalue weighted by Crippen LogP contribution is 2.30. The zero-order chi connectivity index (χ0) is 15.7. The van der Waals surface area contributed by atoms with E-state index in [9.17, 15) is 15.7 Å². The Kier molecular flexibility index (Phi) is 3.47. The van der Waals surface area contributed by atoms with E-state index < -0.39 is 5.92 Å². The molecule has 7 heteroatoms. The van der Waals surface area contributed by atoms with Gasteiger partial charge in [0.1, 0.15) is 11.7 Å². The van der Waals surface area contributed by atoms with Gasteiger partial charge in [-0.05, 0) is 24.3 Å². The minimum atomic E-state index is -0.864. The van der Waals surface area contributed by atoms with Crippen LogP contribution in [-0.4, -0.2) is 19.7 Å². The van der Waals surface area contributed by atoms with Crippen LogP contribution in [0.4, 0.5) is 5.69 Å². The number of hydrogen-bond donors (Lipinski definition) is 1. The molecule has 0 saturated heterocycles. The van der Waals surface area contributed by atoms with Crippen LogP contribution in [0.25, 0.3) is 11.0 Å². The second-order valence-electron chi connectivity index (χ2n) is 4.76. The van der Waals surface area contributed by atoms with E-state index in [2.05, 4.69) is 16.0 Å². The Bertz CT molecular complexity index is 866. The first-order chi connectivity index (χ1) is 10.6. The summed E-state index contributed by atoms with van der Waals surface area (Å²) < 4.78 is 1.79. The lowest BCUT2D eigenvalue weighted by molar-refractivity contribution is 0.295. The number of hydrogen-bond acceptors (Lipinski definition) is 6. The number of benzene rings is 1. The normalized spacial score (nSPS) is 12.1. The van der Waals surface area contributed by atoms with Gasteiger partial charge in [-0.25, -0.2) is 4.98 Å². The van der Waals surface area contributed by atoms with Crippen LogP contribution < -0.4 is 5.23 Å². The summed E-state index contributed by atoms with van der Waals surface area (Å²) in [6.07, 6.45) is 1.47. The lowest BCUT2D eigenvalue weighted by atomic mass is 10.0. The summed E-state index contributed by atoms with van der Waals surface area (Å²) in [6.45, 7) is 0. The van der Waals surface area contributed by atoms with Crippen molar-refractivity contribution in [2.45, 2.75) is 5.92 Å². The quantitative estimate of drug-likeness (QED) is 0.744. The van der Waals surface area contributed by atoms with Crippen molar-refractivity contribution in [3.05, 3.63) is 59.3 Å². The first kappa shape index (κ1) is 14.0. The van der Waals surface area contributed by atoms with Gasteiger partial charge in [-0.1, -0.05) is 12.1 Å². The molecule has 0 bridgehead atoms. The SMILES string of the molecule is Cn1c(C(C#N)c2ncccc2N([O-])O)nc2ccccc21. The Morgan fingerprint density at radius 2 is 2.09 bits per heavy atom. The molecule has 0 aliphatic heterocycles. The average molecular weight is 294 g/mol. The smallest absolute Gasteiger partial charge is 0.148 e.